The normalized spacial score (nSPS) is 10.3. The molecule has 1 rings (SSSR count). The number of nitrogen functional groups attached to an aromatic ring is 1. The number of ether oxygens (including phenoxy) is 1. The maximum absolute atomic E-state index is 14.0. The van der Waals surface area contributed by atoms with E-state index in [4.69, 9.17) is 10.5 Å². The van der Waals surface area contributed by atoms with Crippen molar-refractivity contribution in [2.45, 2.75) is 6.92 Å². The number of rotatable bonds is 6. The lowest BCUT2D eigenvalue weighted by Crippen LogP contribution is -2.34. The third kappa shape index (κ3) is 3.79. The van der Waals surface area contributed by atoms with Gasteiger partial charge in [0.25, 0.3) is 5.91 Å². The van der Waals surface area contributed by atoms with E-state index >= 15 is 0 Å². The van der Waals surface area contributed by atoms with Crippen LogP contribution < -0.4 is 5.73 Å². The Hall–Kier alpha value is -1.88. The summed E-state index contributed by atoms with van der Waals surface area (Å²) < 4.78 is 18.9. The van der Waals surface area contributed by atoms with Crippen LogP contribution in [-0.2, 0) is 4.74 Å². The molecule has 0 aliphatic rings. The third-order valence-corrected chi connectivity index (χ3v) is 2.71. The average Bonchev–Trinajstić information content (AvgIpc) is 2.38. The van der Waals surface area contributed by atoms with Gasteiger partial charge in [-0.1, -0.05) is 6.08 Å². The van der Waals surface area contributed by atoms with Crippen molar-refractivity contribution < 1.29 is 13.9 Å². The van der Waals surface area contributed by atoms with Gasteiger partial charge >= 0.3 is 0 Å². The first-order valence-electron chi connectivity index (χ1n) is 5.96. The molecule has 0 unspecified atom stereocenters. The molecule has 0 radical (unpaired) electrons. The van der Waals surface area contributed by atoms with Gasteiger partial charge in [0.1, 0.15) is 5.82 Å². The summed E-state index contributed by atoms with van der Waals surface area (Å²) in [5, 5.41) is 0. The number of hydrogen-bond donors (Lipinski definition) is 1. The molecular formula is C14H19FN2O2. The molecule has 0 spiro atoms. The Morgan fingerprint density at radius 2 is 2.26 bits per heavy atom. The molecule has 4 nitrogen and oxygen atoms in total. The average molecular weight is 266 g/mol. The Balaban J connectivity index is 3.05. The van der Waals surface area contributed by atoms with Gasteiger partial charge in [0.15, 0.2) is 0 Å². The van der Waals surface area contributed by atoms with Crippen molar-refractivity contribution >= 4 is 11.6 Å². The Labute approximate surface area is 112 Å². The first-order chi connectivity index (χ1) is 9.01. The number of hydrogen-bond acceptors (Lipinski definition) is 3. The molecular weight excluding hydrogens is 247 g/mol. The lowest BCUT2D eigenvalue weighted by Gasteiger charge is -2.21. The molecule has 0 atom stereocenters. The van der Waals surface area contributed by atoms with Gasteiger partial charge in [-0.2, -0.15) is 0 Å². The minimum Gasteiger partial charge on any atom is -0.399 e. The molecule has 0 aromatic heterocycles. The number of carbonyl (C=O) groups excluding carboxylic acids is 1. The molecule has 1 aromatic rings. The monoisotopic (exact) mass is 266 g/mol. The molecule has 19 heavy (non-hydrogen) atoms. The van der Waals surface area contributed by atoms with Crippen molar-refractivity contribution in [2.24, 2.45) is 0 Å². The number of benzene rings is 1. The van der Waals surface area contributed by atoms with Crippen molar-refractivity contribution in [1.82, 2.24) is 4.90 Å². The summed E-state index contributed by atoms with van der Waals surface area (Å²) >= 11 is 0. The number of methoxy groups -OCH3 is 1. The summed E-state index contributed by atoms with van der Waals surface area (Å²) in [5.74, 6) is -0.949. The molecule has 1 aromatic carbocycles. The van der Waals surface area contributed by atoms with E-state index in [1.165, 1.54) is 17.0 Å². The molecule has 5 heteroatoms. The number of nitrogens with zero attached hydrogens (tertiary/aromatic N) is 1. The quantitative estimate of drug-likeness (QED) is 0.633. The minimum atomic E-state index is -0.536. The number of halogens is 1. The van der Waals surface area contributed by atoms with Crippen LogP contribution in [0.4, 0.5) is 10.1 Å². The first kappa shape index (κ1) is 15.2. The summed E-state index contributed by atoms with van der Waals surface area (Å²) in [7, 11) is 1.54. The minimum absolute atomic E-state index is 0.0181. The Morgan fingerprint density at radius 1 is 1.58 bits per heavy atom. The van der Waals surface area contributed by atoms with Crippen molar-refractivity contribution in [3.63, 3.8) is 0 Å². The van der Waals surface area contributed by atoms with Gasteiger partial charge in [-0.3, -0.25) is 4.79 Å². The fraction of sp³-hybridized carbons (Fsp3) is 0.357. The van der Waals surface area contributed by atoms with Crippen LogP contribution in [0.25, 0.3) is 0 Å². The molecule has 0 heterocycles. The van der Waals surface area contributed by atoms with Crippen LogP contribution in [-0.4, -0.2) is 37.6 Å². The van der Waals surface area contributed by atoms with E-state index in [-0.39, 0.29) is 5.56 Å². The van der Waals surface area contributed by atoms with Crippen molar-refractivity contribution in [3.8, 4) is 0 Å². The van der Waals surface area contributed by atoms with Crippen LogP contribution in [0.15, 0.2) is 24.8 Å². The molecule has 0 aliphatic carbocycles. The van der Waals surface area contributed by atoms with Gasteiger partial charge in [0, 0.05) is 25.9 Å². The van der Waals surface area contributed by atoms with E-state index < -0.39 is 11.7 Å². The highest BCUT2D eigenvalue weighted by Crippen LogP contribution is 2.18. The summed E-state index contributed by atoms with van der Waals surface area (Å²) in [6, 6.07) is 2.85. The van der Waals surface area contributed by atoms with Gasteiger partial charge in [0.05, 0.1) is 12.2 Å². The molecule has 0 saturated heterocycles. The Bertz CT molecular complexity index is 475. The predicted molar refractivity (Wildman–Crippen MR) is 73.5 cm³/mol. The summed E-state index contributed by atoms with van der Waals surface area (Å²) in [5.41, 5.74) is 6.36. The maximum Gasteiger partial charge on any atom is 0.257 e. The van der Waals surface area contributed by atoms with Crippen molar-refractivity contribution in [1.29, 1.82) is 0 Å². The predicted octanol–water partition coefficient (Wildman–Crippen LogP) is 1.99. The van der Waals surface area contributed by atoms with E-state index in [0.717, 1.165) is 0 Å². The van der Waals surface area contributed by atoms with Crippen LogP contribution in [0, 0.1) is 12.7 Å². The highest BCUT2D eigenvalue weighted by atomic mass is 19.1. The second-order valence-electron chi connectivity index (χ2n) is 4.23. The lowest BCUT2D eigenvalue weighted by molar-refractivity contribution is 0.0713. The SMILES string of the molecule is C=CCN(CCOC)C(=O)c1cc(N)cc(C)c1F. The van der Waals surface area contributed by atoms with Crippen LogP contribution in [0.1, 0.15) is 15.9 Å². The molecule has 104 valence electrons. The zero-order valence-corrected chi connectivity index (χ0v) is 11.3. The molecule has 1 amide bonds. The topological polar surface area (TPSA) is 55.6 Å². The van der Waals surface area contributed by atoms with E-state index in [2.05, 4.69) is 6.58 Å². The van der Waals surface area contributed by atoms with Crippen LogP contribution >= 0.6 is 0 Å². The molecule has 0 fully saturated rings. The van der Waals surface area contributed by atoms with Crippen LogP contribution in [0.2, 0.25) is 0 Å². The molecule has 0 aliphatic heterocycles. The van der Waals surface area contributed by atoms with Gasteiger partial charge in [0.2, 0.25) is 0 Å². The standard InChI is InChI=1S/C14H19FN2O2/c1-4-5-17(6-7-19-3)14(18)12-9-11(16)8-10(2)13(12)15/h4,8-9H,1,5-7,16H2,2-3H3. The zero-order chi connectivity index (χ0) is 14.4. The van der Waals surface area contributed by atoms with Gasteiger partial charge in [-0.05, 0) is 24.6 Å². The van der Waals surface area contributed by atoms with E-state index in [9.17, 15) is 9.18 Å². The third-order valence-electron chi connectivity index (χ3n) is 2.71. The fourth-order valence-electron chi connectivity index (χ4n) is 1.76. The van der Waals surface area contributed by atoms with Crippen molar-refractivity contribution in [3.05, 3.63) is 41.7 Å². The zero-order valence-electron chi connectivity index (χ0n) is 11.3. The van der Waals surface area contributed by atoms with Crippen molar-refractivity contribution in [2.75, 3.05) is 32.5 Å². The molecule has 0 saturated carbocycles. The van der Waals surface area contributed by atoms with E-state index in [1.54, 1.807) is 20.1 Å². The summed E-state index contributed by atoms with van der Waals surface area (Å²) in [4.78, 5) is 13.8. The van der Waals surface area contributed by atoms with Gasteiger partial charge < -0.3 is 15.4 Å². The van der Waals surface area contributed by atoms with Crippen LogP contribution in [0.5, 0.6) is 0 Å². The van der Waals surface area contributed by atoms with Gasteiger partial charge in [-0.15, -0.1) is 6.58 Å². The number of carbonyl (C=O) groups is 1. The Morgan fingerprint density at radius 3 is 2.84 bits per heavy atom. The molecule has 2 N–H and O–H groups in total. The molecule has 0 bridgehead atoms. The number of anilines is 1. The van der Waals surface area contributed by atoms with Gasteiger partial charge in [-0.25, -0.2) is 4.39 Å². The second kappa shape index (κ2) is 6.89. The van der Waals surface area contributed by atoms with Crippen LogP contribution in [0.3, 0.4) is 0 Å². The number of aryl methyl sites for hydroxylation is 1. The number of amides is 1. The first-order valence-corrected chi connectivity index (χ1v) is 5.96. The largest absolute Gasteiger partial charge is 0.399 e. The second-order valence-corrected chi connectivity index (χ2v) is 4.23. The highest BCUT2D eigenvalue weighted by Gasteiger charge is 2.20. The number of nitrogens with two attached hydrogens (primary N) is 1. The highest BCUT2D eigenvalue weighted by molar-refractivity contribution is 5.95. The smallest absolute Gasteiger partial charge is 0.257 e. The fourth-order valence-corrected chi connectivity index (χ4v) is 1.76. The van der Waals surface area contributed by atoms with E-state index in [0.29, 0.717) is 30.9 Å². The maximum atomic E-state index is 14.0. The lowest BCUT2D eigenvalue weighted by atomic mass is 10.1. The Kier molecular flexibility index (Phi) is 5.51. The summed E-state index contributed by atoms with van der Waals surface area (Å²) in [6.07, 6.45) is 1.59. The van der Waals surface area contributed by atoms with E-state index in [1.807, 2.05) is 0 Å². The summed E-state index contributed by atoms with van der Waals surface area (Å²) in [6.45, 7) is 6.24.